The molecule has 1 fully saturated rings. The molecule has 0 radical (unpaired) electrons. The number of likely N-dealkylation sites (tertiary alicyclic amines) is 1. The number of rotatable bonds is 5. The first-order chi connectivity index (χ1) is 12.2. The van der Waals surface area contributed by atoms with Crippen molar-refractivity contribution in [3.05, 3.63) is 65.5 Å². The topological polar surface area (TPSA) is 27.3 Å². The molecule has 0 amide bonds. The molecule has 1 heterocycles. The lowest BCUT2D eigenvalue weighted by molar-refractivity contribution is 0.221. The first kappa shape index (κ1) is 17.8. The molecule has 2 aromatic rings. The second kappa shape index (κ2) is 8.92. The van der Waals surface area contributed by atoms with Gasteiger partial charge in [0.2, 0.25) is 0 Å². The van der Waals surface area contributed by atoms with Crippen molar-refractivity contribution < 1.29 is 4.39 Å². The Morgan fingerprint density at radius 1 is 0.920 bits per heavy atom. The molecular formula is C20H24FN3S. The maximum absolute atomic E-state index is 12.9. The van der Waals surface area contributed by atoms with E-state index in [-0.39, 0.29) is 5.82 Å². The number of anilines is 1. The van der Waals surface area contributed by atoms with Crippen molar-refractivity contribution >= 4 is 23.0 Å². The van der Waals surface area contributed by atoms with Gasteiger partial charge in [-0.05, 0) is 73.5 Å². The Morgan fingerprint density at radius 2 is 1.56 bits per heavy atom. The van der Waals surface area contributed by atoms with Gasteiger partial charge in [-0.3, -0.25) is 4.90 Å². The molecule has 25 heavy (non-hydrogen) atoms. The number of nitrogens with one attached hydrogen (secondary N) is 2. The van der Waals surface area contributed by atoms with Crippen LogP contribution in [0.25, 0.3) is 0 Å². The number of benzene rings is 2. The third kappa shape index (κ3) is 5.80. The molecule has 0 unspecified atom stereocenters. The lowest BCUT2D eigenvalue weighted by Crippen LogP contribution is -2.29. The Bertz CT molecular complexity index is 679. The largest absolute Gasteiger partial charge is 0.358 e. The van der Waals surface area contributed by atoms with E-state index in [4.69, 9.17) is 12.2 Å². The molecule has 0 aromatic heterocycles. The number of halogens is 1. The molecule has 132 valence electrons. The number of hydrogen-bond acceptors (Lipinski definition) is 2. The van der Waals surface area contributed by atoms with Gasteiger partial charge in [0.05, 0.1) is 0 Å². The van der Waals surface area contributed by atoms with Gasteiger partial charge in [0.1, 0.15) is 5.82 Å². The molecule has 3 nitrogen and oxygen atoms in total. The summed E-state index contributed by atoms with van der Waals surface area (Å²) in [5.74, 6) is -0.228. The van der Waals surface area contributed by atoms with E-state index in [1.807, 2.05) is 0 Å². The minimum absolute atomic E-state index is 0.228. The third-order valence-corrected chi connectivity index (χ3v) is 4.68. The highest BCUT2D eigenvalue weighted by atomic mass is 32.1. The van der Waals surface area contributed by atoms with Crippen LogP contribution in [0.15, 0.2) is 48.5 Å². The molecule has 1 aliphatic rings. The molecule has 2 N–H and O–H groups in total. The van der Waals surface area contributed by atoms with Crippen LogP contribution in [-0.2, 0) is 13.1 Å². The van der Waals surface area contributed by atoms with Gasteiger partial charge >= 0.3 is 0 Å². The quantitative estimate of drug-likeness (QED) is 0.780. The average Bonchev–Trinajstić information content (AvgIpc) is 2.64. The van der Waals surface area contributed by atoms with Crippen LogP contribution < -0.4 is 10.6 Å². The summed E-state index contributed by atoms with van der Waals surface area (Å²) >= 11 is 5.32. The van der Waals surface area contributed by atoms with E-state index in [1.54, 1.807) is 12.1 Å². The van der Waals surface area contributed by atoms with Crippen LogP contribution in [-0.4, -0.2) is 23.1 Å². The molecule has 3 rings (SSSR count). The first-order valence-electron chi connectivity index (χ1n) is 8.80. The van der Waals surface area contributed by atoms with Crippen molar-refractivity contribution in [3.63, 3.8) is 0 Å². The SMILES string of the molecule is Fc1ccc(CNC(=S)Nc2ccc(CN3CCCCC3)cc2)cc1. The van der Waals surface area contributed by atoms with Crippen LogP contribution in [0.5, 0.6) is 0 Å². The summed E-state index contributed by atoms with van der Waals surface area (Å²) in [4.78, 5) is 2.51. The highest BCUT2D eigenvalue weighted by molar-refractivity contribution is 7.80. The van der Waals surface area contributed by atoms with Gasteiger partial charge in [0, 0.05) is 18.8 Å². The van der Waals surface area contributed by atoms with Gasteiger partial charge < -0.3 is 10.6 Å². The number of nitrogens with zero attached hydrogens (tertiary/aromatic N) is 1. The van der Waals surface area contributed by atoms with Crippen LogP contribution in [0.4, 0.5) is 10.1 Å². The predicted octanol–water partition coefficient (Wildman–Crippen LogP) is 4.30. The minimum Gasteiger partial charge on any atom is -0.358 e. The smallest absolute Gasteiger partial charge is 0.171 e. The van der Waals surface area contributed by atoms with Gasteiger partial charge in [-0.25, -0.2) is 4.39 Å². The average molecular weight is 357 g/mol. The lowest BCUT2D eigenvalue weighted by atomic mass is 10.1. The van der Waals surface area contributed by atoms with Crippen molar-refractivity contribution in [2.45, 2.75) is 32.4 Å². The molecule has 1 aliphatic heterocycles. The zero-order valence-corrected chi connectivity index (χ0v) is 15.1. The summed E-state index contributed by atoms with van der Waals surface area (Å²) in [5.41, 5.74) is 3.29. The highest BCUT2D eigenvalue weighted by Gasteiger charge is 2.10. The summed E-state index contributed by atoms with van der Waals surface area (Å²) in [7, 11) is 0. The maximum atomic E-state index is 12.9. The molecule has 0 atom stereocenters. The Morgan fingerprint density at radius 3 is 2.24 bits per heavy atom. The van der Waals surface area contributed by atoms with Crippen LogP contribution >= 0.6 is 12.2 Å². The third-order valence-electron chi connectivity index (χ3n) is 4.43. The number of piperidine rings is 1. The van der Waals surface area contributed by atoms with E-state index in [2.05, 4.69) is 39.8 Å². The zero-order chi connectivity index (χ0) is 17.5. The Hall–Kier alpha value is -1.98. The molecule has 1 saturated heterocycles. The Labute approximate surface area is 154 Å². The fourth-order valence-electron chi connectivity index (χ4n) is 3.03. The van der Waals surface area contributed by atoms with Crippen LogP contribution in [0.1, 0.15) is 30.4 Å². The van der Waals surface area contributed by atoms with Crippen molar-refractivity contribution in [1.29, 1.82) is 0 Å². The minimum atomic E-state index is -0.228. The monoisotopic (exact) mass is 357 g/mol. The van der Waals surface area contributed by atoms with Gasteiger partial charge in [0.15, 0.2) is 5.11 Å². The fourth-order valence-corrected chi connectivity index (χ4v) is 3.22. The van der Waals surface area contributed by atoms with Crippen molar-refractivity contribution in [3.8, 4) is 0 Å². The second-order valence-corrected chi connectivity index (χ2v) is 6.88. The summed E-state index contributed by atoms with van der Waals surface area (Å²) in [6.07, 6.45) is 3.99. The molecular weight excluding hydrogens is 333 g/mol. The standard InChI is InChI=1S/C20H24FN3S/c21-18-8-4-16(5-9-18)14-22-20(25)23-19-10-6-17(7-11-19)15-24-12-2-1-3-13-24/h4-11H,1-3,12-15H2,(H2,22,23,25). The summed E-state index contributed by atoms with van der Waals surface area (Å²) in [6.45, 7) is 4.00. The van der Waals surface area contributed by atoms with Crippen LogP contribution in [0, 0.1) is 5.82 Å². The Balaban J connectivity index is 1.45. The predicted molar refractivity (Wildman–Crippen MR) is 105 cm³/mol. The maximum Gasteiger partial charge on any atom is 0.171 e. The van der Waals surface area contributed by atoms with Gasteiger partial charge in [-0.1, -0.05) is 30.7 Å². The van der Waals surface area contributed by atoms with Crippen molar-refractivity contribution in [1.82, 2.24) is 10.2 Å². The van der Waals surface area contributed by atoms with E-state index in [9.17, 15) is 4.39 Å². The van der Waals surface area contributed by atoms with Gasteiger partial charge in [0.25, 0.3) is 0 Å². The van der Waals surface area contributed by atoms with E-state index in [0.717, 1.165) is 17.8 Å². The zero-order valence-electron chi connectivity index (χ0n) is 14.3. The summed E-state index contributed by atoms with van der Waals surface area (Å²) < 4.78 is 12.9. The number of thiocarbonyl (C=S) groups is 1. The van der Waals surface area contributed by atoms with Crippen molar-refractivity contribution in [2.75, 3.05) is 18.4 Å². The van der Waals surface area contributed by atoms with E-state index >= 15 is 0 Å². The fraction of sp³-hybridized carbons (Fsp3) is 0.350. The number of hydrogen-bond donors (Lipinski definition) is 2. The van der Waals surface area contributed by atoms with Crippen LogP contribution in [0.3, 0.4) is 0 Å². The molecule has 0 saturated carbocycles. The highest BCUT2D eigenvalue weighted by Crippen LogP contribution is 2.15. The second-order valence-electron chi connectivity index (χ2n) is 6.47. The summed E-state index contributed by atoms with van der Waals surface area (Å²) in [5, 5.41) is 6.89. The van der Waals surface area contributed by atoms with Gasteiger partial charge in [-0.2, -0.15) is 0 Å². The first-order valence-corrected chi connectivity index (χ1v) is 9.20. The Kier molecular flexibility index (Phi) is 6.36. The lowest BCUT2D eigenvalue weighted by Gasteiger charge is -2.26. The van der Waals surface area contributed by atoms with Crippen molar-refractivity contribution in [2.24, 2.45) is 0 Å². The van der Waals surface area contributed by atoms with E-state index < -0.39 is 0 Å². The summed E-state index contributed by atoms with van der Waals surface area (Å²) in [6, 6.07) is 14.8. The molecule has 0 aliphatic carbocycles. The van der Waals surface area contributed by atoms with E-state index in [0.29, 0.717) is 11.7 Å². The molecule has 0 spiro atoms. The molecule has 2 aromatic carbocycles. The molecule has 5 heteroatoms. The molecule has 0 bridgehead atoms. The normalized spacial score (nSPS) is 14.9. The van der Waals surface area contributed by atoms with E-state index in [1.165, 1.54) is 50.0 Å². The van der Waals surface area contributed by atoms with Gasteiger partial charge in [-0.15, -0.1) is 0 Å². The van der Waals surface area contributed by atoms with Crippen LogP contribution in [0.2, 0.25) is 0 Å².